The Balaban J connectivity index is 0.00000112. The van der Waals surface area contributed by atoms with Gasteiger partial charge in [0.15, 0.2) is 0 Å². The number of rotatable bonds is 1. The summed E-state index contributed by atoms with van der Waals surface area (Å²) in [6.45, 7) is 2.43. The predicted octanol–water partition coefficient (Wildman–Crippen LogP) is -1.61. The van der Waals surface area contributed by atoms with Gasteiger partial charge in [-0.1, -0.05) is 0 Å². The van der Waals surface area contributed by atoms with Crippen LogP contribution in [0.5, 0.6) is 5.88 Å². The van der Waals surface area contributed by atoms with Gasteiger partial charge in [-0.3, -0.25) is 10.1 Å². The highest BCUT2D eigenvalue weighted by Gasteiger charge is 2.40. The van der Waals surface area contributed by atoms with Crippen molar-refractivity contribution >= 4 is 21.6 Å². The van der Waals surface area contributed by atoms with E-state index in [0.29, 0.717) is 12.4 Å². The largest absolute Gasteiger partial charge is 1.00 e. The Morgan fingerprint density at radius 1 is 1.67 bits per heavy atom. The summed E-state index contributed by atoms with van der Waals surface area (Å²) in [5.41, 5.74) is 0.0718. The van der Waals surface area contributed by atoms with Crippen LogP contribution in [-0.2, 0) is 6.54 Å². The summed E-state index contributed by atoms with van der Waals surface area (Å²) in [4.78, 5) is 10.1. The second kappa shape index (κ2) is 4.05. The highest BCUT2D eigenvalue weighted by Crippen LogP contribution is 2.28. The van der Waals surface area contributed by atoms with E-state index in [4.69, 9.17) is 4.74 Å². The maximum atomic E-state index is 10.5. The van der Waals surface area contributed by atoms with Gasteiger partial charge in [-0.15, -0.1) is 0 Å². The number of pyridine rings is 1. The average molecular weight is 340 g/mol. The lowest BCUT2D eigenvalue weighted by molar-refractivity contribution is -0.685. The third-order valence-corrected chi connectivity index (χ3v) is 2.36. The van der Waals surface area contributed by atoms with Crippen LogP contribution in [-0.4, -0.2) is 9.43 Å². The molecule has 0 aliphatic carbocycles. The molecule has 0 fully saturated rings. The number of nitrogens with zero attached hydrogens (tertiary/aromatic N) is 2. The zero-order chi connectivity index (χ0) is 10.3. The van der Waals surface area contributed by atoms with Gasteiger partial charge in [0.2, 0.25) is 17.3 Å². The Kier molecular flexibility index (Phi) is 3.34. The van der Waals surface area contributed by atoms with Gasteiger partial charge in [0.1, 0.15) is 0 Å². The third kappa shape index (κ3) is 2.46. The van der Waals surface area contributed by atoms with E-state index in [-0.39, 0.29) is 22.7 Å². The molecule has 7 heteroatoms. The van der Waals surface area contributed by atoms with E-state index in [1.807, 2.05) is 6.92 Å². The first-order valence-corrected chi connectivity index (χ1v) is 4.83. The molecule has 2 rings (SSSR count). The highest BCUT2D eigenvalue weighted by molar-refractivity contribution is 9.10. The smallest absolute Gasteiger partial charge is 0.370 e. The number of halogens is 2. The van der Waals surface area contributed by atoms with Gasteiger partial charge in [-0.05, 0) is 22.9 Å². The molecule has 1 aromatic rings. The number of hydrogen-bond donors (Lipinski definition) is 0. The van der Waals surface area contributed by atoms with Crippen molar-refractivity contribution in [2.24, 2.45) is 0 Å². The minimum Gasteiger partial charge on any atom is -1.00 e. The van der Waals surface area contributed by atoms with Gasteiger partial charge in [-0.2, -0.15) is 4.57 Å². The molecule has 0 N–H and O–H groups in total. The standard InChI is InChI=1S/C8H8BrN2O3.BrH/c1-8(9)5-10-4-6(11(12)13)2-3-7(10)14-8;/h2-4H,5H2,1H3;1H/q+1;/p-1. The van der Waals surface area contributed by atoms with Gasteiger partial charge >= 0.3 is 11.6 Å². The van der Waals surface area contributed by atoms with Crippen LogP contribution in [0.2, 0.25) is 0 Å². The Bertz CT molecular complexity index is 409. The first kappa shape index (κ1) is 12.4. The molecule has 15 heavy (non-hydrogen) atoms. The zero-order valence-corrected chi connectivity index (χ0v) is 11.0. The maximum Gasteiger partial charge on any atom is 0.370 e. The quantitative estimate of drug-likeness (QED) is 0.268. The monoisotopic (exact) mass is 338 g/mol. The van der Waals surface area contributed by atoms with E-state index in [2.05, 4.69) is 15.9 Å². The third-order valence-electron chi connectivity index (χ3n) is 1.95. The Labute approximate surface area is 105 Å². The van der Waals surface area contributed by atoms with Gasteiger partial charge in [0.05, 0.1) is 11.0 Å². The minimum atomic E-state index is -0.463. The Morgan fingerprint density at radius 2 is 2.33 bits per heavy atom. The van der Waals surface area contributed by atoms with E-state index in [1.165, 1.54) is 12.3 Å². The normalized spacial score (nSPS) is 22.5. The lowest BCUT2D eigenvalue weighted by atomic mass is 10.4. The van der Waals surface area contributed by atoms with Crippen molar-refractivity contribution in [3.05, 3.63) is 28.4 Å². The van der Waals surface area contributed by atoms with Crippen molar-refractivity contribution in [2.75, 3.05) is 0 Å². The van der Waals surface area contributed by atoms with Gasteiger partial charge in [-0.25, -0.2) is 0 Å². The number of aromatic nitrogens is 1. The zero-order valence-electron chi connectivity index (χ0n) is 7.81. The fraction of sp³-hybridized carbons (Fsp3) is 0.375. The SMILES string of the molecule is CC1(Br)C[n+]2cc([N+](=O)[O-])ccc2O1.[Br-]. The maximum absolute atomic E-state index is 10.5. The van der Waals surface area contributed by atoms with Crippen molar-refractivity contribution in [3.8, 4) is 5.88 Å². The van der Waals surface area contributed by atoms with Gasteiger partial charge in [0.25, 0.3) is 0 Å². The van der Waals surface area contributed by atoms with E-state index in [9.17, 15) is 10.1 Å². The van der Waals surface area contributed by atoms with Crippen molar-refractivity contribution in [2.45, 2.75) is 18.0 Å². The molecular weight excluding hydrogens is 332 g/mol. The van der Waals surface area contributed by atoms with Gasteiger partial charge < -0.3 is 21.7 Å². The van der Waals surface area contributed by atoms with Gasteiger partial charge in [0, 0.05) is 6.07 Å². The van der Waals surface area contributed by atoms with E-state index >= 15 is 0 Å². The molecule has 2 heterocycles. The fourth-order valence-electron chi connectivity index (χ4n) is 1.40. The molecule has 1 aliphatic heterocycles. The van der Waals surface area contributed by atoms with E-state index < -0.39 is 9.43 Å². The number of alkyl halides is 1. The molecule has 0 amide bonds. The van der Waals surface area contributed by atoms with Crippen LogP contribution in [0.15, 0.2) is 18.3 Å². The van der Waals surface area contributed by atoms with Crippen LogP contribution in [0.25, 0.3) is 0 Å². The van der Waals surface area contributed by atoms with Crippen LogP contribution in [0.1, 0.15) is 6.92 Å². The van der Waals surface area contributed by atoms with E-state index in [1.54, 1.807) is 10.6 Å². The molecule has 0 saturated heterocycles. The summed E-state index contributed by atoms with van der Waals surface area (Å²) in [6.07, 6.45) is 1.47. The number of fused-ring (bicyclic) bond motifs is 1. The number of hydrogen-bond acceptors (Lipinski definition) is 3. The molecule has 0 spiro atoms. The summed E-state index contributed by atoms with van der Waals surface area (Å²) >= 11 is 3.37. The van der Waals surface area contributed by atoms with E-state index in [0.717, 1.165) is 0 Å². The fourth-order valence-corrected chi connectivity index (χ4v) is 1.83. The van der Waals surface area contributed by atoms with Crippen molar-refractivity contribution < 1.29 is 31.2 Å². The molecule has 1 unspecified atom stereocenters. The molecule has 0 aromatic carbocycles. The molecule has 1 aliphatic rings. The van der Waals surface area contributed by atoms with Crippen LogP contribution >= 0.6 is 15.9 Å². The topological polar surface area (TPSA) is 56.2 Å². The Morgan fingerprint density at radius 3 is 2.93 bits per heavy atom. The number of nitro groups is 1. The molecule has 5 nitrogen and oxygen atoms in total. The average Bonchev–Trinajstić information content (AvgIpc) is 2.36. The Hall–Kier alpha value is -0.690. The molecule has 0 bridgehead atoms. The van der Waals surface area contributed by atoms with Crippen LogP contribution in [0.4, 0.5) is 5.69 Å². The first-order chi connectivity index (χ1) is 6.48. The first-order valence-electron chi connectivity index (χ1n) is 4.04. The van der Waals surface area contributed by atoms with Crippen LogP contribution in [0.3, 0.4) is 0 Å². The minimum absolute atomic E-state index is 0. The highest BCUT2D eigenvalue weighted by atomic mass is 79.9. The van der Waals surface area contributed by atoms with Crippen molar-refractivity contribution in [1.82, 2.24) is 0 Å². The lowest BCUT2D eigenvalue weighted by Crippen LogP contribution is -3.00. The van der Waals surface area contributed by atoms with Crippen LogP contribution in [0, 0.1) is 10.1 Å². The summed E-state index contributed by atoms with van der Waals surface area (Å²) in [5, 5.41) is 10.5. The molecule has 1 aromatic heterocycles. The number of ether oxygens (including phenoxy) is 1. The molecular formula is C8H8Br2N2O3. The van der Waals surface area contributed by atoms with Crippen LogP contribution < -0.4 is 26.3 Å². The lowest BCUT2D eigenvalue weighted by Gasteiger charge is -2.07. The molecule has 0 radical (unpaired) electrons. The predicted molar refractivity (Wildman–Crippen MR) is 51.3 cm³/mol. The summed E-state index contributed by atoms with van der Waals surface area (Å²) in [7, 11) is 0. The second-order valence-corrected chi connectivity index (χ2v) is 4.99. The van der Waals surface area contributed by atoms with Crippen molar-refractivity contribution in [1.29, 1.82) is 0 Å². The summed E-state index contributed by atoms with van der Waals surface area (Å²) in [6, 6.07) is 3.03. The summed E-state index contributed by atoms with van der Waals surface area (Å²) in [5.74, 6) is 0.634. The molecule has 82 valence electrons. The molecule has 1 atom stereocenters. The molecule has 0 saturated carbocycles. The second-order valence-electron chi connectivity index (χ2n) is 3.31. The summed E-state index contributed by atoms with van der Waals surface area (Å²) < 4.78 is 6.74. The van der Waals surface area contributed by atoms with Crippen molar-refractivity contribution in [3.63, 3.8) is 0 Å².